The molecule has 4 aromatic rings. The lowest BCUT2D eigenvalue weighted by molar-refractivity contribution is 0.607. The molecule has 1 aliphatic heterocycles. The molecule has 0 saturated heterocycles. The third kappa shape index (κ3) is 2.93. The quantitative estimate of drug-likeness (QED) is 0.410. The summed E-state index contributed by atoms with van der Waals surface area (Å²) in [5.74, 6) is 1.57. The molecule has 0 radical (unpaired) electrons. The van der Waals surface area contributed by atoms with Gasteiger partial charge in [0.1, 0.15) is 0 Å². The maximum absolute atomic E-state index is 6.22. The lowest BCUT2D eigenvalue weighted by Crippen LogP contribution is -2.12. The SMILES string of the molecule is Clc1cc2c(cc1Cl)-c1nc(-c3ccc(-c4ccccc4)cc3)nn1CC2. The summed E-state index contributed by atoms with van der Waals surface area (Å²) in [4.78, 5) is 4.79. The van der Waals surface area contributed by atoms with Crippen LogP contribution < -0.4 is 0 Å². The van der Waals surface area contributed by atoms with Gasteiger partial charge in [0.25, 0.3) is 0 Å². The summed E-state index contributed by atoms with van der Waals surface area (Å²) in [6.45, 7) is 0.787. The van der Waals surface area contributed by atoms with Gasteiger partial charge < -0.3 is 0 Å². The van der Waals surface area contributed by atoms with Crippen molar-refractivity contribution in [3.05, 3.63) is 82.3 Å². The molecule has 0 bridgehead atoms. The molecule has 0 N–H and O–H groups in total. The Labute approximate surface area is 167 Å². The second-order valence-electron chi connectivity index (χ2n) is 6.60. The van der Waals surface area contributed by atoms with E-state index < -0.39 is 0 Å². The molecule has 0 amide bonds. The van der Waals surface area contributed by atoms with Crippen LogP contribution in [0.4, 0.5) is 0 Å². The summed E-state index contributed by atoms with van der Waals surface area (Å²) in [6.07, 6.45) is 0.870. The van der Waals surface area contributed by atoms with E-state index in [0.29, 0.717) is 10.0 Å². The Bertz CT molecular complexity index is 1130. The highest BCUT2D eigenvalue weighted by Crippen LogP contribution is 2.35. The van der Waals surface area contributed by atoms with Gasteiger partial charge in [0, 0.05) is 17.7 Å². The normalized spacial score (nSPS) is 12.5. The molecule has 1 aliphatic rings. The Morgan fingerprint density at radius 2 is 1.44 bits per heavy atom. The van der Waals surface area contributed by atoms with Crippen molar-refractivity contribution in [1.82, 2.24) is 14.8 Å². The van der Waals surface area contributed by atoms with E-state index in [1.807, 2.05) is 35.0 Å². The first kappa shape index (κ1) is 16.5. The molecule has 0 unspecified atom stereocenters. The summed E-state index contributed by atoms with van der Waals surface area (Å²) >= 11 is 12.4. The number of hydrogen-bond acceptors (Lipinski definition) is 2. The van der Waals surface area contributed by atoms with Gasteiger partial charge in [-0.05, 0) is 35.2 Å². The number of hydrogen-bond donors (Lipinski definition) is 0. The molecule has 3 nitrogen and oxygen atoms in total. The lowest BCUT2D eigenvalue weighted by atomic mass is 10.0. The predicted octanol–water partition coefficient (Wildman–Crippen LogP) is 6.14. The fourth-order valence-corrected chi connectivity index (χ4v) is 3.84. The fraction of sp³-hybridized carbons (Fsp3) is 0.0909. The lowest BCUT2D eigenvalue weighted by Gasteiger charge is -2.17. The highest BCUT2D eigenvalue weighted by Gasteiger charge is 2.22. The van der Waals surface area contributed by atoms with Gasteiger partial charge in [0.15, 0.2) is 11.6 Å². The van der Waals surface area contributed by atoms with Gasteiger partial charge in [-0.3, -0.25) is 0 Å². The van der Waals surface area contributed by atoms with E-state index in [2.05, 4.69) is 36.4 Å². The van der Waals surface area contributed by atoms with Crippen LogP contribution in [-0.4, -0.2) is 14.8 Å². The number of benzene rings is 3. The molecule has 3 aromatic carbocycles. The van der Waals surface area contributed by atoms with E-state index in [4.69, 9.17) is 33.3 Å². The highest BCUT2D eigenvalue weighted by molar-refractivity contribution is 6.42. The molecular weight excluding hydrogens is 377 g/mol. The van der Waals surface area contributed by atoms with Crippen molar-refractivity contribution in [3.63, 3.8) is 0 Å². The van der Waals surface area contributed by atoms with Gasteiger partial charge in [-0.1, -0.05) is 77.8 Å². The molecule has 27 heavy (non-hydrogen) atoms. The van der Waals surface area contributed by atoms with E-state index in [0.717, 1.165) is 41.3 Å². The summed E-state index contributed by atoms with van der Waals surface area (Å²) in [6, 6.07) is 22.5. The summed E-state index contributed by atoms with van der Waals surface area (Å²) in [5, 5.41) is 5.83. The van der Waals surface area contributed by atoms with Crippen LogP contribution in [0.2, 0.25) is 10.0 Å². The first-order valence-electron chi connectivity index (χ1n) is 8.78. The first-order chi connectivity index (χ1) is 13.2. The van der Waals surface area contributed by atoms with Crippen LogP contribution >= 0.6 is 23.2 Å². The molecule has 5 rings (SSSR count). The van der Waals surface area contributed by atoms with Crippen molar-refractivity contribution < 1.29 is 0 Å². The van der Waals surface area contributed by atoms with Crippen LogP contribution in [0.3, 0.4) is 0 Å². The number of halogens is 2. The van der Waals surface area contributed by atoms with Crippen LogP contribution in [0.5, 0.6) is 0 Å². The van der Waals surface area contributed by atoms with Crippen LogP contribution in [0.25, 0.3) is 33.9 Å². The molecular formula is C22H15Cl2N3. The number of rotatable bonds is 2. The van der Waals surface area contributed by atoms with E-state index in [9.17, 15) is 0 Å². The standard InChI is InChI=1S/C22H15Cl2N3/c23-19-12-17-10-11-27-22(18(17)13-20(19)24)25-21(26-27)16-8-6-15(7-9-16)14-4-2-1-3-5-14/h1-9,12-13H,10-11H2. The van der Waals surface area contributed by atoms with Crippen LogP contribution in [0.15, 0.2) is 66.7 Å². The molecule has 5 heteroatoms. The zero-order chi connectivity index (χ0) is 18.4. The Morgan fingerprint density at radius 3 is 2.22 bits per heavy atom. The highest BCUT2D eigenvalue weighted by atomic mass is 35.5. The summed E-state index contributed by atoms with van der Waals surface area (Å²) in [7, 11) is 0. The number of aryl methyl sites for hydroxylation is 2. The van der Waals surface area contributed by atoms with Crippen molar-refractivity contribution in [2.24, 2.45) is 0 Å². The Morgan fingerprint density at radius 1 is 0.778 bits per heavy atom. The minimum absolute atomic E-state index is 0.542. The smallest absolute Gasteiger partial charge is 0.181 e. The van der Waals surface area contributed by atoms with Crippen molar-refractivity contribution in [1.29, 1.82) is 0 Å². The van der Waals surface area contributed by atoms with Gasteiger partial charge in [-0.2, -0.15) is 5.10 Å². The average molecular weight is 392 g/mol. The third-order valence-electron chi connectivity index (χ3n) is 4.90. The first-order valence-corrected chi connectivity index (χ1v) is 9.53. The molecule has 132 valence electrons. The topological polar surface area (TPSA) is 30.7 Å². The van der Waals surface area contributed by atoms with Gasteiger partial charge in [0.05, 0.1) is 10.0 Å². The van der Waals surface area contributed by atoms with E-state index in [1.165, 1.54) is 11.1 Å². The molecule has 0 fully saturated rings. The monoisotopic (exact) mass is 391 g/mol. The minimum Gasteiger partial charge on any atom is -0.245 e. The summed E-state index contributed by atoms with van der Waals surface area (Å²) < 4.78 is 1.95. The molecule has 0 spiro atoms. The largest absolute Gasteiger partial charge is 0.245 e. The van der Waals surface area contributed by atoms with Crippen LogP contribution in [0.1, 0.15) is 5.56 Å². The van der Waals surface area contributed by atoms with Crippen molar-refractivity contribution in [3.8, 4) is 33.9 Å². The minimum atomic E-state index is 0.542. The number of nitrogens with zero attached hydrogens (tertiary/aromatic N) is 3. The number of fused-ring (bicyclic) bond motifs is 3. The third-order valence-corrected chi connectivity index (χ3v) is 5.62. The Hall–Kier alpha value is -2.62. The maximum Gasteiger partial charge on any atom is 0.181 e. The second kappa shape index (κ2) is 6.52. The Balaban J connectivity index is 1.53. The van der Waals surface area contributed by atoms with E-state index >= 15 is 0 Å². The maximum atomic E-state index is 6.22. The van der Waals surface area contributed by atoms with Gasteiger partial charge in [-0.25, -0.2) is 9.67 Å². The zero-order valence-electron chi connectivity index (χ0n) is 14.4. The van der Waals surface area contributed by atoms with E-state index in [-0.39, 0.29) is 0 Å². The van der Waals surface area contributed by atoms with Crippen molar-refractivity contribution in [2.45, 2.75) is 13.0 Å². The van der Waals surface area contributed by atoms with Gasteiger partial charge in [-0.15, -0.1) is 0 Å². The fourth-order valence-electron chi connectivity index (χ4n) is 3.49. The van der Waals surface area contributed by atoms with Crippen LogP contribution in [0, 0.1) is 0 Å². The van der Waals surface area contributed by atoms with Crippen molar-refractivity contribution >= 4 is 23.2 Å². The molecule has 0 aliphatic carbocycles. The van der Waals surface area contributed by atoms with Crippen LogP contribution in [-0.2, 0) is 13.0 Å². The zero-order valence-corrected chi connectivity index (χ0v) is 15.9. The predicted molar refractivity (Wildman–Crippen MR) is 110 cm³/mol. The average Bonchev–Trinajstić information content (AvgIpc) is 3.15. The van der Waals surface area contributed by atoms with Crippen molar-refractivity contribution in [2.75, 3.05) is 0 Å². The van der Waals surface area contributed by atoms with E-state index in [1.54, 1.807) is 0 Å². The molecule has 0 saturated carbocycles. The summed E-state index contributed by atoms with van der Waals surface area (Å²) in [5.41, 5.74) is 5.54. The molecule has 2 heterocycles. The Kier molecular flexibility index (Phi) is 4.00. The molecule has 1 aromatic heterocycles. The van der Waals surface area contributed by atoms with Gasteiger partial charge in [0.2, 0.25) is 0 Å². The number of aromatic nitrogens is 3. The molecule has 0 atom stereocenters. The van der Waals surface area contributed by atoms with Gasteiger partial charge >= 0.3 is 0 Å². The second-order valence-corrected chi connectivity index (χ2v) is 7.41.